The zero-order valence-corrected chi connectivity index (χ0v) is 17.6. The number of aliphatic imine (C=N–C) groups is 1. The second kappa shape index (κ2) is 16.1. The second-order valence-electron chi connectivity index (χ2n) is 6.24. The van der Waals surface area contributed by atoms with Gasteiger partial charge in [-0.2, -0.15) is 5.06 Å². The summed E-state index contributed by atoms with van der Waals surface area (Å²) in [5.74, 6) is -0.182. The fraction of sp³-hybridized carbons (Fsp3) is 0.833. The number of rotatable bonds is 14. The summed E-state index contributed by atoms with van der Waals surface area (Å²) in [7, 11) is 0. The van der Waals surface area contributed by atoms with Crippen LogP contribution in [0.2, 0.25) is 0 Å². The Kier molecular flexibility index (Phi) is 15.8. The maximum absolute atomic E-state index is 11.7. The van der Waals surface area contributed by atoms with Gasteiger partial charge >= 0.3 is 35.5 Å². The van der Waals surface area contributed by atoms with Crippen LogP contribution in [0.3, 0.4) is 0 Å². The predicted molar refractivity (Wildman–Crippen MR) is 93.4 cm³/mol. The van der Waals surface area contributed by atoms with Gasteiger partial charge in [0.05, 0.1) is 19.5 Å². The first-order chi connectivity index (χ1) is 11.2. The number of hydroxylamine groups is 2. The molecule has 0 fully saturated rings. The number of hydrogen-bond acceptors (Lipinski definition) is 5. The van der Waals surface area contributed by atoms with Crippen LogP contribution < -0.4 is 29.6 Å². The van der Waals surface area contributed by atoms with Crippen LogP contribution in [0, 0.1) is 0 Å². The Bertz CT molecular complexity index is 381. The van der Waals surface area contributed by atoms with Crippen molar-refractivity contribution in [2.75, 3.05) is 13.1 Å². The summed E-state index contributed by atoms with van der Waals surface area (Å²) >= 11 is 0. The number of ketones is 1. The fourth-order valence-corrected chi connectivity index (χ4v) is 2.61. The van der Waals surface area contributed by atoms with Crippen LogP contribution >= 0.6 is 0 Å². The minimum atomic E-state index is -0.348. The Balaban J connectivity index is 0. The molecule has 0 amide bonds. The predicted octanol–water partition coefficient (Wildman–Crippen LogP) is 1.18. The summed E-state index contributed by atoms with van der Waals surface area (Å²) in [4.78, 5) is 32.3. The molecule has 24 heavy (non-hydrogen) atoms. The van der Waals surface area contributed by atoms with E-state index in [4.69, 9.17) is 4.84 Å². The number of unbranched alkanes of at least 4 members (excludes halogenated alkanes) is 8. The summed E-state index contributed by atoms with van der Waals surface area (Å²) in [6.45, 7) is 3.50. The summed E-state index contributed by atoms with van der Waals surface area (Å²) in [6.07, 6.45) is 13.8. The van der Waals surface area contributed by atoms with E-state index in [1.54, 1.807) is 0 Å². The maximum atomic E-state index is 11.7. The van der Waals surface area contributed by atoms with E-state index in [1.807, 2.05) is 0 Å². The van der Waals surface area contributed by atoms with E-state index < -0.39 is 0 Å². The Labute approximate surface area is 170 Å². The Morgan fingerprint density at radius 2 is 1.62 bits per heavy atom. The molecule has 1 heterocycles. The van der Waals surface area contributed by atoms with Crippen LogP contribution in [0.15, 0.2) is 4.99 Å². The zero-order chi connectivity index (χ0) is 16.8. The molecule has 0 bridgehead atoms. The van der Waals surface area contributed by atoms with E-state index >= 15 is 0 Å². The molecule has 0 aromatic rings. The molecule has 1 aliphatic heterocycles. The van der Waals surface area contributed by atoms with Crippen LogP contribution in [-0.4, -0.2) is 36.2 Å². The summed E-state index contributed by atoms with van der Waals surface area (Å²) in [5, 5.41) is 1.42. The topological polar surface area (TPSA) is 59.0 Å². The third-order valence-electron chi connectivity index (χ3n) is 4.05. The molecular weight excluding hydrogens is 315 g/mol. The average Bonchev–Trinajstić information content (AvgIpc) is 3.04. The van der Waals surface area contributed by atoms with E-state index in [0.29, 0.717) is 25.9 Å². The van der Waals surface area contributed by atoms with Crippen LogP contribution in [0.25, 0.3) is 0 Å². The molecule has 1 aliphatic rings. The molecule has 0 N–H and O–H groups in total. The van der Waals surface area contributed by atoms with Gasteiger partial charge in [-0.15, -0.1) is 0 Å². The van der Waals surface area contributed by atoms with E-state index in [2.05, 4.69) is 11.9 Å². The Hall–Kier alpha value is -0.390. The number of nitrogens with zero attached hydrogens (tertiary/aromatic N) is 2. The van der Waals surface area contributed by atoms with E-state index in [1.165, 1.54) is 56.3 Å². The number of hydrogen-bond donors (Lipinski definition) is 0. The van der Waals surface area contributed by atoms with Gasteiger partial charge in [0.1, 0.15) is 12.1 Å². The van der Waals surface area contributed by atoms with Crippen LogP contribution in [0.5, 0.6) is 0 Å². The first kappa shape index (κ1) is 23.6. The van der Waals surface area contributed by atoms with Gasteiger partial charge in [0.15, 0.2) is 0 Å². The van der Waals surface area contributed by atoms with Gasteiger partial charge in [-0.05, 0) is 6.42 Å². The van der Waals surface area contributed by atoms with Crippen molar-refractivity contribution in [2.24, 2.45) is 4.99 Å². The molecule has 1 rings (SSSR count). The molecule has 0 saturated carbocycles. The quantitative estimate of drug-likeness (QED) is 0.349. The van der Waals surface area contributed by atoms with Crippen LogP contribution in [-0.2, 0) is 14.4 Å². The van der Waals surface area contributed by atoms with Gasteiger partial charge < -0.3 is 6.26 Å². The average molecular weight is 348 g/mol. The molecule has 0 atom stereocenters. The van der Waals surface area contributed by atoms with Crippen molar-refractivity contribution in [3.63, 3.8) is 0 Å². The standard InChI is InChI=1S/C18H32N2O3.Na.H/c1-2-3-4-5-6-7-8-9-10-11-17(21)12-13-18(22)23-20-15-14-19-16-20;;/h16H,2-15H2,1H3;;/q;+1;-1. The molecule has 0 radical (unpaired) electrons. The zero-order valence-electron chi connectivity index (χ0n) is 16.6. The smallest absolute Gasteiger partial charge is 1.00 e. The largest absolute Gasteiger partial charge is 1.00 e. The van der Waals surface area contributed by atoms with Gasteiger partial charge in [-0.25, -0.2) is 4.79 Å². The number of carbonyl (C=O) groups is 2. The molecule has 6 heteroatoms. The van der Waals surface area contributed by atoms with E-state index in [9.17, 15) is 9.59 Å². The van der Waals surface area contributed by atoms with Crippen LogP contribution in [0.1, 0.15) is 85.4 Å². The van der Waals surface area contributed by atoms with Crippen molar-refractivity contribution < 1.29 is 45.4 Å². The molecule has 134 valence electrons. The molecule has 0 aromatic carbocycles. The van der Waals surface area contributed by atoms with Crippen molar-refractivity contribution in [1.82, 2.24) is 5.06 Å². The number of carbonyl (C=O) groups excluding carboxylic acids is 2. The van der Waals surface area contributed by atoms with E-state index in [-0.39, 0.29) is 49.2 Å². The van der Waals surface area contributed by atoms with Crippen molar-refractivity contribution in [1.29, 1.82) is 0 Å². The third-order valence-corrected chi connectivity index (χ3v) is 4.05. The molecule has 0 aliphatic carbocycles. The van der Waals surface area contributed by atoms with E-state index in [0.717, 1.165) is 12.8 Å². The summed E-state index contributed by atoms with van der Waals surface area (Å²) in [6, 6.07) is 0. The van der Waals surface area contributed by atoms with Crippen LogP contribution in [0.4, 0.5) is 0 Å². The second-order valence-corrected chi connectivity index (χ2v) is 6.24. The first-order valence-electron chi connectivity index (χ1n) is 9.21. The fourth-order valence-electron chi connectivity index (χ4n) is 2.61. The molecule has 0 unspecified atom stereocenters. The minimum absolute atomic E-state index is 0. The van der Waals surface area contributed by atoms with Crippen molar-refractivity contribution in [3.8, 4) is 0 Å². The maximum Gasteiger partial charge on any atom is 1.00 e. The Morgan fingerprint density at radius 1 is 1.00 bits per heavy atom. The normalized spacial score (nSPS) is 13.0. The third kappa shape index (κ3) is 13.0. The summed E-state index contributed by atoms with van der Waals surface area (Å²) in [5.41, 5.74) is 0. The van der Waals surface area contributed by atoms with Crippen molar-refractivity contribution in [2.45, 2.75) is 84.0 Å². The van der Waals surface area contributed by atoms with Crippen molar-refractivity contribution >= 4 is 18.1 Å². The molecule has 5 nitrogen and oxygen atoms in total. The van der Waals surface area contributed by atoms with Gasteiger partial charge in [0.2, 0.25) is 0 Å². The summed E-state index contributed by atoms with van der Waals surface area (Å²) < 4.78 is 0. The molecule has 0 spiro atoms. The molecule has 0 saturated heterocycles. The Morgan fingerprint density at radius 3 is 2.21 bits per heavy atom. The van der Waals surface area contributed by atoms with Gasteiger partial charge in [0.25, 0.3) is 0 Å². The first-order valence-corrected chi connectivity index (χ1v) is 9.21. The minimum Gasteiger partial charge on any atom is -1.00 e. The molecular formula is C18H33N2NaO3. The monoisotopic (exact) mass is 348 g/mol. The number of Topliss-reactive ketones (excluding diaryl/α,β-unsaturated/α-hetero) is 1. The molecule has 0 aromatic heterocycles. The van der Waals surface area contributed by atoms with Crippen molar-refractivity contribution in [3.05, 3.63) is 0 Å². The van der Waals surface area contributed by atoms with Gasteiger partial charge in [0, 0.05) is 12.8 Å². The SMILES string of the molecule is CCCCCCCCCCCC(=O)CCC(=O)ON1C=NCC1.[H-].[Na+]. The van der Waals surface area contributed by atoms with Gasteiger partial charge in [-0.3, -0.25) is 9.79 Å². The van der Waals surface area contributed by atoms with Gasteiger partial charge in [-0.1, -0.05) is 58.3 Å².